The van der Waals surface area contributed by atoms with Gasteiger partial charge in [0.25, 0.3) is 11.5 Å². The molecule has 2 fully saturated rings. The van der Waals surface area contributed by atoms with E-state index in [1.807, 2.05) is 30.3 Å². The van der Waals surface area contributed by atoms with Crippen molar-refractivity contribution in [2.45, 2.75) is 104 Å². The van der Waals surface area contributed by atoms with Gasteiger partial charge in [-0.1, -0.05) is 45.9 Å². The molecule has 3 aromatic heterocycles. The van der Waals surface area contributed by atoms with Gasteiger partial charge in [-0.05, 0) is 117 Å². The highest BCUT2D eigenvalue weighted by molar-refractivity contribution is 6.31. The topological polar surface area (TPSA) is 144 Å². The number of carbonyl (C=O) groups excluding carboxylic acids is 2. The van der Waals surface area contributed by atoms with Crippen LogP contribution >= 0.6 is 11.6 Å². The van der Waals surface area contributed by atoms with Gasteiger partial charge in [0.05, 0.1) is 23.7 Å². The average Bonchev–Trinajstić information content (AvgIpc) is 3.80. The zero-order valence-electron chi connectivity index (χ0n) is 39.8. The largest absolute Gasteiger partial charge is 0.392 e. The SMILES string of the molecule is C=CC(=O)Nc1cc(Nc2nc(-c3ccnc(N4CCn5c(cc6c5CC(C)(C)C6)C4=O)c3CO)cn(C)c2=O)ccc1N1CCN(C2CCN(c3ccc(Cl)c(C(C)C)c3)[C@H](C)C2)C[C@@H]1C. The Kier molecular flexibility index (Phi) is 12.6. The van der Waals surface area contributed by atoms with E-state index < -0.39 is 6.61 Å². The smallest absolute Gasteiger partial charge is 0.293 e. The zero-order chi connectivity index (χ0) is 47.5. The molecule has 2 saturated heterocycles. The normalized spacial score (nSPS) is 20.5. The van der Waals surface area contributed by atoms with Crippen molar-refractivity contribution in [3.8, 4) is 11.3 Å². The van der Waals surface area contributed by atoms with Crippen LogP contribution in [0.2, 0.25) is 5.02 Å². The molecule has 0 bridgehead atoms. The van der Waals surface area contributed by atoms with E-state index in [4.69, 9.17) is 16.6 Å². The molecular formula is C52H63ClN10O4. The summed E-state index contributed by atoms with van der Waals surface area (Å²) in [6, 6.07) is 16.9. The van der Waals surface area contributed by atoms with Crippen LogP contribution in [0, 0.1) is 5.41 Å². The Morgan fingerprint density at radius 1 is 1.00 bits per heavy atom. The fourth-order valence-corrected chi connectivity index (χ4v) is 11.4. The summed E-state index contributed by atoms with van der Waals surface area (Å²) >= 11 is 6.55. The highest BCUT2D eigenvalue weighted by atomic mass is 35.5. The van der Waals surface area contributed by atoms with E-state index in [0.717, 1.165) is 62.6 Å². The Hall–Kier alpha value is -5.96. The average molecular weight is 928 g/mol. The van der Waals surface area contributed by atoms with Crippen LogP contribution in [0.25, 0.3) is 11.3 Å². The van der Waals surface area contributed by atoms with Crippen molar-refractivity contribution in [3.05, 3.63) is 117 Å². The number of rotatable bonds is 11. The number of carbonyl (C=O) groups is 2. The summed E-state index contributed by atoms with van der Waals surface area (Å²) in [5, 5.41) is 17.9. The first-order chi connectivity index (χ1) is 32.0. The van der Waals surface area contributed by atoms with Gasteiger partial charge in [-0.2, -0.15) is 0 Å². The van der Waals surface area contributed by atoms with Gasteiger partial charge in [-0.3, -0.25) is 24.2 Å². The molecule has 1 aliphatic carbocycles. The van der Waals surface area contributed by atoms with Crippen LogP contribution < -0.4 is 30.9 Å². The molecule has 14 nitrogen and oxygen atoms in total. The van der Waals surface area contributed by atoms with Crippen LogP contribution in [0.4, 0.5) is 34.4 Å². The van der Waals surface area contributed by atoms with Crippen LogP contribution in [0.5, 0.6) is 0 Å². The van der Waals surface area contributed by atoms with Gasteiger partial charge in [-0.15, -0.1) is 0 Å². The lowest BCUT2D eigenvalue weighted by Gasteiger charge is -2.48. The minimum atomic E-state index is -0.399. The number of halogens is 1. The van der Waals surface area contributed by atoms with E-state index in [1.165, 1.54) is 33.2 Å². The van der Waals surface area contributed by atoms with Crippen molar-refractivity contribution in [3.63, 3.8) is 0 Å². The molecule has 6 heterocycles. The Morgan fingerprint density at radius 3 is 2.54 bits per heavy atom. The number of piperazine rings is 1. The molecule has 1 unspecified atom stereocenters. The first-order valence-electron chi connectivity index (χ1n) is 23.6. The molecule has 0 spiro atoms. The number of fused-ring (bicyclic) bond motifs is 3. The fraction of sp³-hybridized carbons (Fsp3) is 0.442. The predicted molar refractivity (Wildman–Crippen MR) is 268 cm³/mol. The fourth-order valence-electron chi connectivity index (χ4n) is 11.0. The number of pyridine rings is 1. The van der Waals surface area contributed by atoms with E-state index in [-0.39, 0.29) is 34.6 Å². The number of anilines is 6. The van der Waals surface area contributed by atoms with Crippen LogP contribution in [0.15, 0.2) is 78.4 Å². The molecule has 4 aliphatic rings. The van der Waals surface area contributed by atoms with Gasteiger partial charge in [0, 0.05) is 110 Å². The Labute approximate surface area is 398 Å². The molecule has 9 rings (SSSR count). The van der Waals surface area contributed by atoms with Crippen molar-refractivity contribution in [2.24, 2.45) is 12.5 Å². The molecule has 0 saturated carbocycles. The number of nitrogens with one attached hydrogen (secondary N) is 2. The van der Waals surface area contributed by atoms with E-state index >= 15 is 0 Å². The summed E-state index contributed by atoms with van der Waals surface area (Å²) in [4.78, 5) is 59.2. The second-order valence-corrected chi connectivity index (χ2v) is 20.4. The lowest BCUT2D eigenvalue weighted by Crippen LogP contribution is -2.58. The molecule has 67 heavy (non-hydrogen) atoms. The second kappa shape index (κ2) is 18.3. The summed E-state index contributed by atoms with van der Waals surface area (Å²) in [6.45, 7) is 21.3. The molecule has 0 radical (unpaired) electrons. The standard InChI is InChI=1S/C52H63ClN10O4/c1-9-47(65)56-42-24-35(10-13-44(42)61-19-18-59(28-33(61)5)36-15-17-60(32(4)22-36)37-11-12-41(53)39(25-37)31(2)3)55-48-51(67)58(8)29-43(57-48)38-14-16-54-49(40(38)30-64)63-21-20-62-45(50(63)66)23-34-26-52(6,7)27-46(34)62/h9-14,16,23-25,29,31-33,36,64H,1,15,17-22,26-28,30H2,2-8H3,(H,55,57)(H,56,65)/t32-,33+,36?/m1/s1. The number of hydrogen-bond acceptors (Lipinski definition) is 10. The third-order valence-corrected chi connectivity index (χ3v) is 14.7. The van der Waals surface area contributed by atoms with Gasteiger partial charge in [0.2, 0.25) is 5.91 Å². The van der Waals surface area contributed by atoms with Gasteiger partial charge < -0.3 is 34.7 Å². The number of aromatic nitrogens is 4. The highest BCUT2D eigenvalue weighted by Crippen LogP contribution is 2.41. The highest BCUT2D eigenvalue weighted by Gasteiger charge is 2.38. The number of nitrogens with zero attached hydrogens (tertiary/aromatic N) is 8. The summed E-state index contributed by atoms with van der Waals surface area (Å²) in [5.74, 6) is 0.276. The minimum Gasteiger partial charge on any atom is -0.392 e. The Balaban J connectivity index is 0.925. The maximum absolute atomic E-state index is 14.1. The molecular weight excluding hydrogens is 864 g/mol. The van der Waals surface area contributed by atoms with Gasteiger partial charge in [0.1, 0.15) is 11.5 Å². The third-order valence-electron chi connectivity index (χ3n) is 14.4. The third kappa shape index (κ3) is 8.87. The number of aliphatic hydroxyl groups excluding tert-OH is 1. The first-order valence-corrected chi connectivity index (χ1v) is 24.0. The van der Waals surface area contributed by atoms with Crippen molar-refractivity contribution in [1.29, 1.82) is 0 Å². The van der Waals surface area contributed by atoms with E-state index in [9.17, 15) is 19.5 Å². The molecule has 5 aromatic rings. The molecule has 3 atom stereocenters. The summed E-state index contributed by atoms with van der Waals surface area (Å²) in [7, 11) is 1.65. The van der Waals surface area contributed by atoms with Crippen LogP contribution in [-0.4, -0.2) is 91.8 Å². The summed E-state index contributed by atoms with van der Waals surface area (Å²) in [6.07, 6.45) is 8.47. The van der Waals surface area contributed by atoms with Crippen molar-refractivity contribution < 1.29 is 14.7 Å². The summed E-state index contributed by atoms with van der Waals surface area (Å²) in [5.41, 5.74) is 8.73. The first kappa shape index (κ1) is 46.2. The van der Waals surface area contributed by atoms with Crippen LogP contribution in [0.3, 0.4) is 0 Å². The maximum Gasteiger partial charge on any atom is 0.293 e. The molecule has 3 N–H and O–H groups in total. The van der Waals surface area contributed by atoms with Gasteiger partial charge in [-0.25, -0.2) is 9.97 Å². The quantitative estimate of drug-likeness (QED) is 0.111. The molecule has 352 valence electrons. The van der Waals surface area contributed by atoms with E-state index in [1.54, 1.807) is 30.4 Å². The number of aliphatic hydroxyl groups is 1. The predicted octanol–water partition coefficient (Wildman–Crippen LogP) is 8.13. The lowest BCUT2D eigenvalue weighted by molar-refractivity contribution is -0.111. The Morgan fingerprint density at radius 2 is 1.81 bits per heavy atom. The number of benzene rings is 2. The molecule has 15 heteroatoms. The van der Waals surface area contributed by atoms with Crippen LogP contribution in [0.1, 0.15) is 93.2 Å². The number of aryl methyl sites for hydroxylation is 1. The van der Waals surface area contributed by atoms with E-state index in [0.29, 0.717) is 70.8 Å². The van der Waals surface area contributed by atoms with Crippen molar-refractivity contribution in [2.75, 3.05) is 58.1 Å². The minimum absolute atomic E-state index is 0.0546. The monoisotopic (exact) mass is 926 g/mol. The molecule has 2 aromatic carbocycles. The summed E-state index contributed by atoms with van der Waals surface area (Å²) < 4.78 is 3.59. The van der Waals surface area contributed by atoms with Gasteiger partial charge >= 0.3 is 0 Å². The van der Waals surface area contributed by atoms with E-state index in [2.05, 4.69) is 95.1 Å². The number of piperidine rings is 1. The van der Waals surface area contributed by atoms with Crippen molar-refractivity contribution >= 4 is 57.8 Å². The van der Waals surface area contributed by atoms with Gasteiger partial charge in [0.15, 0.2) is 5.82 Å². The Bertz CT molecular complexity index is 2820. The maximum atomic E-state index is 14.1. The van der Waals surface area contributed by atoms with Crippen molar-refractivity contribution in [1.82, 2.24) is 24.0 Å². The van der Waals surface area contributed by atoms with Crippen LogP contribution in [-0.2, 0) is 37.8 Å². The molecule has 3 aliphatic heterocycles. The second-order valence-electron chi connectivity index (χ2n) is 20.0. The zero-order valence-corrected chi connectivity index (χ0v) is 40.5. The lowest BCUT2D eigenvalue weighted by atomic mass is 9.90. The number of hydrogen-bond donors (Lipinski definition) is 3. The number of amides is 2. The molecule has 2 amide bonds.